The molecule has 0 aliphatic carbocycles. The fourth-order valence-electron chi connectivity index (χ4n) is 1.75. The molecule has 0 amide bonds. The van der Waals surface area contributed by atoms with E-state index in [1.54, 1.807) is 6.07 Å². The number of nitrogen functional groups attached to an aromatic ring is 1. The number of ether oxygens (including phenoxy) is 1. The van der Waals surface area contributed by atoms with Gasteiger partial charge in [-0.25, -0.2) is 0 Å². The van der Waals surface area contributed by atoms with Crippen molar-refractivity contribution in [2.24, 2.45) is 0 Å². The second kappa shape index (κ2) is 6.17. The van der Waals surface area contributed by atoms with Gasteiger partial charge >= 0.3 is 6.18 Å². The number of hydrogen-bond acceptors (Lipinski definition) is 2. The highest BCUT2D eigenvalue weighted by atomic mass is 19.4. The lowest BCUT2D eigenvalue weighted by Crippen LogP contribution is -2.10. The maximum absolute atomic E-state index is 12.0. The minimum Gasteiger partial charge on any atom is -0.493 e. The minimum atomic E-state index is -4.12. The summed E-state index contributed by atoms with van der Waals surface area (Å²) < 4.78 is 41.6. The highest BCUT2D eigenvalue weighted by molar-refractivity contribution is 5.55. The van der Waals surface area contributed by atoms with Crippen molar-refractivity contribution in [1.29, 1.82) is 0 Å². The first-order valence-electron chi connectivity index (χ1n) is 6.30. The molecular weight excluding hydrogens is 255 g/mol. The number of aryl methyl sites for hydroxylation is 1. The van der Waals surface area contributed by atoms with Crippen molar-refractivity contribution in [3.8, 4) is 5.75 Å². The maximum Gasteiger partial charge on any atom is 0.389 e. The van der Waals surface area contributed by atoms with Gasteiger partial charge in [0.1, 0.15) is 5.75 Å². The molecule has 108 valence electrons. The molecule has 5 heteroatoms. The minimum absolute atomic E-state index is 0.0372. The molecule has 0 aliphatic rings. The quantitative estimate of drug-likeness (QED) is 0.637. The van der Waals surface area contributed by atoms with Gasteiger partial charge < -0.3 is 10.5 Å². The molecule has 0 aromatic heterocycles. The van der Waals surface area contributed by atoms with Crippen LogP contribution in [0.15, 0.2) is 12.1 Å². The van der Waals surface area contributed by atoms with E-state index >= 15 is 0 Å². The Balaban J connectivity index is 2.69. The standard InChI is InChI=1S/C14H20F3NO/c1-9(2)11-8-12(18)10(3)7-13(11)19-6-4-5-14(15,16)17/h7-9H,4-6,18H2,1-3H3. The number of hydrogen-bond donors (Lipinski definition) is 1. The molecule has 0 unspecified atom stereocenters. The third kappa shape index (κ3) is 5.01. The Kier molecular flexibility index (Phi) is 5.09. The van der Waals surface area contributed by atoms with E-state index in [2.05, 4.69) is 0 Å². The van der Waals surface area contributed by atoms with Crippen LogP contribution in [0.3, 0.4) is 0 Å². The molecule has 19 heavy (non-hydrogen) atoms. The highest BCUT2D eigenvalue weighted by Gasteiger charge is 2.26. The van der Waals surface area contributed by atoms with Gasteiger partial charge in [0.2, 0.25) is 0 Å². The largest absolute Gasteiger partial charge is 0.493 e. The molecule has 0 heterocycles. The van der Waals surface area contributed by atoms with E-state index in [9.17, 15) is 13.2 Å². The zero-order chi connectivity index (χ0) is 14.6. The summed E-state index contributed by atoms with van der Waals surface area (Å²) in [6.07, 6.45) is -4.98. The predicted molar refractivity (Wildman–Crippen MR) is 70.5 cm³/mol. The SMILES string of the molecule is Cc1cc(OCCCC(F)(F)F)c(C(C)C)cc1N. The van der Waals surface area contributed by atoms with Crippen LogP contribution in [0.5, 0.6) is 5.75 Å². The van der Waals surface area contributed by atoms with E-state index in [4.69, 9.17) is 10.5 Å². The lowest BCUT2D eigenvalue weighted by atomic mass is 9.99. The van der Waals surface area contributed by atoms with E-state index in [1.807, 2.05) is 26.8 Å². The Morgan fingerprint density at radius 3 is 2.42 bits per heavy atom. The van der Waals surface area contributed by atoms with Crippen LogP contribution in [0, 0.1) is 6.92 Å². The van der Waals surface area contributed by atoms with Crippen LogP contribution in [-0.2, 0) is 0 Å². The van der Waals surface area contributed by atoms with Gasteiger partial charge in [-0.3, -0.25) is 0 Å². The highest BCUT2D eigenvalue weighted by Crippen LogP contribution is 2.31. The zero-order valence-corrected chi connectivity index (χ0v) is 11.5. The average molecular weight is 275 g/mol. The van der Waals surface area contributed by atoms with Crippen molar-refractivity contribution in [3.63, 3.8) is 0 Å². The third-order valence-corrected chi connectivity index (χ3v) is 2.88. The number of alkyl halides is 3. The summed E-state index contributed by atoms with van der Waals surface area (Å²) in [5.74, 6) is 0.837. The van der Waals surface area contributed by atoms with Crippen LogP contribution < -0.4 is 10.5 Å². The van der Waals surface area contributed by atoms with Gasteiger partial charge in [-0.15, -0.1) is 0 Å². The number of halogens is 3. The van der Waals surface area contributed by atoms with Crippen molar-refractivity contribution in [3.05, 3.63) is 23.3 Å². The summed E-state index contributed by atoms with van der Waals surface area (Å²) in [5, 5.41) is 0. The molecule has 0 saturated heterocycles. The van der Waals surface area contributed by atoms with Crippen LogP contribution in [0.25, 0.3) is 0 Å². The van der Waals surface area contributed by atoms with Gasteiger partial charge in [0.05, 0.1) is 6.61 Å². The van der Waals surface area contributed by atoms with Crippen molar-refractivity contribution in [2.75, 3.05) is 12.3 Å². The van der Waals surface area contributed by atoms with Gasteiger partial charge in [-0.1, -0.05) is 13.8 Å². The Bertz CT molecular complexity index is 427. The van der Waals surface area contributed by atoms with E-state index < -0.39 is 12.6 Å². The fourth-order valence-corrected chi connectivity index (χ4v) is 1.75. The molecule has 0 bridgehead atoms. The Morgan fingerprint density at radius 2 is 1.89 bits per heavy atom. The summed E-state index contributed by atoms with van der Waals surface area (Å²) in [7, 11) is 0. The maximum atomic E-state index is 12.0. The summed E-state index contributed by atoms with van der Waals surface area (Å²) in [5.41, 5.74) is 8.30. The lowest BCUT2D eigenvalue weighted by Gasteiger charge is -2.16. The smallest absolute Gasteiger partial charge is 0.389 e. The number of nitrogens with two attached hydrogens (primary N) is 1. The van der Waals surface area contributed by atoms with Gasteiger partial charge in [-0.05, 0) is 42.5 Å². The van der Waals surface area contributed by atoms with Crippen LogP contribution >= 0.6 is 0 Å². The van der Waals surface area contributed by atoms with Crippen molar-refractivity contribution in [1.82, 2.24) is 0 Å². The first kappa shape index (κ1) is 15.7. The van der Waals surface area contributed by atoms with Crippen LogP contribution in [0.4, 0.5) is 18.9 Å². The Labute approximate surface area is 111 Å². The second-order valence-electron chi connectivity index (χ2n) is 4.97. The summed E-state index contributed by atoms with van der Waals surface area (Å²) in [6.45, 7) is 5.89. The van der Waals surface area contributed by atoms with Gasteiger partial charge in [0.15, 0.2) is 0 Å². The van der Waals surface area contributed by atoms with Gasteiger partial charge in [0, 0.05) is 12.1 Å². The lowest BCUT2D eigenvalue weighted by molar-refractivity contribution is -0.136. The summed E-state index contributed by atoms with van der Waals surface area (Å²) >= 11 is 0. The normalized spacial score (nSPS) is 11.9. The molecule has 0 atom stereocenters. The Hall–Kier alpha value is -1.39. The van der Waals surface area contributed by atoms with E-state index in [1.165, 1.54) is 0 Å². The molecule has 0 saturated carbocycles. The molecule has 2 nitrogen and oxygen atoms in total. The first-order chi connectivity index (χ1) is 8.70. The molecule has 1 aromatic rings. The van der Waals surface area contributed by atoms with Crippen molar-refractivity contribution >= 4 is 5.69 Å². The molecule has 2 N–H and O–H groups in total. The zero-order valence-electron chi connectivity index (χ0n) is 11.5. The molecule has 1 rings (SSSR count). The van der Waals surface area contributed by atoms with Crippen LogP contribution in [0.2, 0.25) is 0 Å². The van der Waals surface area contributed by atoms with Crippen LogP contribution in [-0.4, -0.2) is 12.8 Å². The fraction of sp³-hybridized carbons (Fsp3) is 0.571. The molecular formula is C14H20F3NO. The topological polar surface area (TPSA) is 35.2 Å². The van der Waals surface area contributed by atoms with Gasteiger partial charge in [-0.2, -0.15) is 13.2 Å². The third-order valence-electron chi connectivity index (χ3n) is 2.88. The molecule has 0 fully saturated rings. The van der Waals surface area contributed by atoms with E-state index in [-0.39, 0.29) is 18.9 Å². The first-order valence-corrected chi connectivity index (χ1v) is 6.30. The second-order valence-corrected chi connectivity index (χ2v) is 4.97. The van der Waals surface area contributed by atoms with Crippen molar-refractivity contribution in [2.45, 2.75) is 45.7 Å². The molecule has 0 spiro atoms. The number of anilines is 1. The Morgan fingerprint density at radius 1 is 1.26 bits per heavy atom. The average Bonchev–Trinajstić information content (AvgIpc) is 2.27. The summed E-state index contributed by atoms with van der Waals surface area (Å²) in [6, 6.07) is 3.62. The summed E-state index contributed by atoms with van der Waals surface area (Å²) in [4.78, 5) is 0. The van der Waals surface area contributed by atoms with Gasteiger partial charge in [0.25, 0.3) is 0 Å². The number of benzene rings is 1. The number of rotatable bonds is 5. The monoisotopic (exact) mass is 275 g/mol. The molecule has 0 aliphatic heterocycles. The van der Waals surface area contributed by atoms with E-state index in [0.717, 1.165) is 11.1 Å². The van der Waals surface area contributed by atoms with E-state index in [0.29, 0.717) is 11.4 Å². The molecule has 1 aromatic carbocycles. The molecule has 0 radical (unpaired) electrons. The van der Waals surface area contributed by atoms with Crippen molar-refractivity contribution < 1.29 is 17.9 Å². The van der Waals surface area contributed by atoms with Crippen LogP contribution in [0.1, 0.15) is 43.7 Å². The predicted octanol–water partition coefficient (Wildman–Crippen LogP) is 4.42.